The van der Waals surface area contributed by atoms with E-state index in [0.717, 1.165) is 13.0 Å². The summed E-state index contributed by atoms with van der Waals surface area (Å²) >= 11 is 0. The van der Waals surface area contributed by atoms with Gasteiger partial charge in [0.25, 0.3) is 0 Å². The molecule has 0 amide bonds. The number of nitrogens with zero attached hydrogens (tertiary/aromatic N) is 3. The van der Waals surface area contributed by atoms with Gasteiger partial charge in [0.15, 0.2) is 8.32 Å². The van der Waals surface area contributed by atoms with Crippen LogP contribution in [0, 0.1) is 11.8 Å². The summed E-state index contributed by atoms with van der Waals surface area (Å²) in [6, 6.07) is 0. The van der Waals surface area contributed by atoms with Crippen LogP contribution in [0.1, 0.15) is 48.0 Å². The van der Waals surface area contributed by atoms with Gasteiger partial charge in [-0.05, 0) is 49.8 Å². The first-order valence-corrected chi connectivity index (χ1v) is 11.1. The normalized spacial score (nSPS) is 24.6. The van der Waals surface area contributed by atoms with Crippen LogP contribution in [-0.4, -0.2) is 33.2 Å². The van der Waals surface area contributed by atoms with Gasteiger partial charge in [-0.1, -0.05) is 32.8 Å². The zero-order valence-corrected chi connectivity index (χ0v) is 16.5. The molecule has 0 aliphatic carbocycles. The lowest BCUT2D eigenvalue weighted by Gasteiger charge is -2.42. The molecule has 22 heavy (non-hydrogen) atoms. The fourth-order valence-corrected chi connectivity index (χ4v) is 4.21. The zero-order valence-electron chi connectivity index (χ0n) is 15.5. The quantitative estimate of drug-likeness (QED) is 0.293. The highest BCUT2D eigenvalue weighted by molar-refractivity contribution is 6.74. The molecule has 1 saturated heterocycles. The Kier molecular flexibility index (Phi) is 6.12. The minimum Gasteiger partial charge on any atom is -0.413 e. The first-order chi connectivity index (χ1) is 9.89. The molecule has 5 nitrogen and oxygen atoms in total. The molecule has 0 aromatic rings. The monoisotopic (exact) mass is 327 g/mol. The third-order valence-electron chi connectivity index (χ3n) is 5.14. The van der Waals surface area contributed by atoms with Crippen LogP contribution in [0.5, 0.6) is 0 Å². The van der Waals surface area contributed by atoms with Gasteiger partial charge in [-0.15, -0.1) is 0 Å². The Morgan fingerprint density at radius 2 is 2.00 bits per heavy atom. The fraction of sp³-hybridized carbons (Fsp3) is 1.00. The SMILES string of the molecule is C[C@@H](CN=[N+]=[N-])[C@@H](O[Si](C)(C)C(C)(C)C)[C@H]1COC(C)(C)C1. The standard InChI is InChI=1S/C16H33N3O2Si/c1-12(10-18-19-17)14(13-9-16(5,6)20-11-13)21-22(7,8)15(2,3)4/h12-14H,9-11H2,1-8H3/t12-,13+,14+/m0/s1. The van der Waals surface area contributed by atoms with E-state index in [2.05, 4.69) is 64.7 Å². The molecule has 0 N–H and O–H groups in total. The molecule has 0 saturated carbocycles. The average Bonchev–Trinajstić information content (AvgIpc) is 2.72. The largest absolute Gasteiger partial charge is 0.413 e. The molecular weight excluding hydrogens is 294 g/mol. The maximum absolute atomic E-state index is 8.61. The van der Waals surface area contributed by atoms with Crippen LogP contribution in [0.3, 0.4) is 0 Å². The second-order valence-corrected chi connectivity index (χ2v) is 13.5. The summed E-state index contributed by atoms with van der Waals surface area (Å²) in [5, 5.41) is 3.93. The van der Waals surface area contributed by atoms with Gasteiger partial charge in [-0.3, -0.25) is 0 Å². The van der Waals surface area contributed by atoms with Gasteiger partial charge < -0.3 is 9.16 Å². The van der Waals surface area contributed by atoms with Crippen molar-refractivity contribution < 1.29 is 9.16 Å². The topological polar surface area (TPSA) is 67.2 Å². The minimum atomic E-state index is -1.87. The molecule has 6 heteroatoms. The molecule has 0 bridgehead atoms. The molecular formula is C16H33N3O2Si. The fourth-order valence-electron chi connectivity index (χ4n) is 2.76. The van der Waals surface area contributed by atoms with Crippen molar-refractivity contribution in [2.45, 2.75) is 77.8 Å². The summed E-state index contributed by atoms with van der Waals surface area (Å²) in [5.74, 6) is 0.570. The van der Waals surface area contributed by atoms with Crippen molar-refractivity contribution in [3.05, 3.63) is 10.4 Å². The molecule has 0 unspecified atom stereocenters. The predicted octanol–water partition coefficient (Wildman–Crippen LogP) is 5.14. The highest BCUT2D eigenvalue weighted by Crippen LogP contribution is 2.42. The first kappa shape index (κ1) is 19.5. The van der Waals surface area contributed by atoms with Crippen molar-refractivity contribution in [2.24, 2.45) is 17.0 Å². The van der Waals surface area contributed by atoms with Gasteiger partial charge in [-0.25, -0.2) is 0 Å². The van der Waals surface area contributed by atoms with E-state index in [-0.39, 0.29) is 22.7 Å². The molecule has 0 spiro atoms. The number of ether oxygens (including phenoxy) is 1. The Morgan fingerprint density at radius 1 is 1.41 bits per heavy atom. The van der Waals surface area contributed by atoms with Crippen molar-refractivity contribution in [3.63, 3.8) is 0 Å². The highest BCUT2D eigenvalue weighted by Gasteiger charge is 2.45. The third-order valence-corrected chi connectivity index (χ3v) is 9.61. The van der Waals surface area contributed by atoms with Gasteiger partial charge in [0.1, 0.15) is 0 Å². The summed E-state index contributed by atoms with van der Waals surface area (Å²) in [6.07, 6.45) is 1.08. The van der Waals surface area contributed by atoms with Gasteiger partial charge >= 0.3 is 0 Å². The smallest absolute Gasteiger partial charge is 0.192 e. The number of rotatable bonds is 6. The molecule has 0 aromatic carbocycles. The molecule has 1 heterocycles. The Balaban J connectivity index is 2.94. The van der Waals surface area contributed by atoms with Crippen LogP contribution in [0.25, 0.3) is 10.4 Å². The summed E-state index contributed by atoms with van der Waals surface area (Å²) < 4.78 is 12.6. The van der Waals surface area contributed by atoms with Crippen LogP contribution < -0.4 is 0 Å². The minimum absolute atomic E-state index is 0.0854. The summed E-state index contributed by atoms with van der Waals surface area (Å²) in [5.41, 5.74) is 8.52. The molecule has 0 aromatic heterocycles. The molecule has 1 rings (SSSR count). The molecule has 128 valence electrons. The van der Waals surface area contributed by atoms with E-state index >= 15 is 0 Å². The van der Waals surface area contributed by atoms with Crippen molar-refractivity contribution in [2.75, 3.05) is 13.2 Å². The van der Waals surface area contributed by atoms with Gasteiger partial charge in [-0.2, -0.15) is 0 Å². The molecule has 1 aliphatic rings. The second-order valence-electron chi connectivity index (χ2n) is 8.77. The third kappa shape index (κ3) is 4.98. The van der Waals surface area contributed by atoms with E-state index in [4.69, 9.17) is 14.7 Å². The van der Waals surface area contributed by atoms with E-state index in [1.165, 1.54) is 0 Å². The van der Waals surface area contributed by atoms with Crippen molar-refractivity contribution >= 4 is 8.32 Å². The average molecular weight is 328 g/mol. The maximum Gasteiger partial charge on any atom is 0.192 e. The first-order valence-electron chi connectivity index (χ1n) is 8.22. The Morgan fingerprint density at radius 3 is 2.41 bits per heavy atom. The lowest BCUT2D eigenvalue weighted by molar-refractivity contribution is 0.0257. The zero-order chi connectivity index (χ0) is 17.2. The number of hydrogen-bond donors (Lipinski definition) is 0. The molecule has 3 atom stereocenters. The maximum atomic E-state index is 8.61. The van der Waals surface area contributed by atoms with Crippen molar-refractivity contribution in [1.29, 1.82) is 0 Å². The lowest BCUT2D eigenvalue weighted by atomic mass is 9.87. The summed E-state index contributed by atoms with van der Waals surface area (Å²) in [4.78, 5) is 2.91. The Labute approximate surface area is 136 Å². The highest BCUT2D eigenvalue weighted by atomic mass is 28.4. The lowest BCUT2D eigenvalue weighted by Crippen LogP contribution is -2.48. The number of azide groups is 1. The van der Waals surface area contributed by atoms with Crippen LogP contribution in [-0.2, 0) is 9.16 Å². The molecule has 1 aliphatic heterocycles. The summed E-state index contributed by atoms with van der Waals surface area (Å²) in [7, 11) is -1.87. The predicted molar refractivity (Wildman–Crippen MR) is 93.4 cm³/mol. The van der Waals surface area contributed by atoms with Crippen molar-refractivity contribution in [1.82, 2.24) is 0 Å². The van der Waals surface area contributed by atoms with E-state index in [9.17, 15) is 0 Å². The van der Waals surface area contributed by atoms with Crippen molar-refractivity contribution in [3.8, 4) is 0 Å². The second kappa shape index (κ2) is 6.91. The van der Waals surface area contributed by atoms with Gasteiger partial charge in [0.05, 0.1) is 18.3 Å². The van der Waals surface area contributed by atoms with Crippen LogP contribution in [0.15, 0.2) is 5.11 Å². The number of hydrogen-bond acceptors (Lipinski definition) is 3. The molecule has 0 radical (unpaired) electrons. The van der Waals surface area contributed by atoms with Crippen LogP contribution >= 0.6 is 0 Å². The van der Waals surface area contributed by atoms with Crippen LogP contribution in [0.2, 0.25) is 18.1 Å². The molecule has 1 fully saturated rings. The van der Waals surface area contributed by atoms with Gasteiger partial charge in [0, 0.05) is 17.4 Å². The van der Waals surface area contributed by atoms with E-state index in [1.807, 2.05) is 0 Å². The van der Waals surface area contributed by atoms with E-state index in [1.54, 1.807) is 0 Å². The Bertz CT molecular complexity index is 426. The Hall–Kier alpha value is -0.553. The summed E-state index contributed by atoms with van der Waals surface area (Å²) in [6.45, 7) is 18.9. The van der Waals surface area contributed by atoms with Gasteiger partial charge in [0.2, 0.25) is 0 Å². The van der Waals surface area contributed by atoms with E-state index < -0.39 is 8.32 Å². The van der Waals surface area contributed by atoms with E-state index in [0.29, 0.717) is 12.5 Å². The van der Waals surface area contributed by atoms with Crippen LogP contribution in [0.4, 0.5) is 0 Å².